The van der Waals surface area contributed by atoms with Gasteiger partial charge < -0.3 is 30.1 Å². The van der Waals surface area contributed by atoms with Gasteiger partial charge in [-0.05, 0) is 83.6 Å². The van der Waals surface area contributed by atoms with E-state index in [-0.39, 0.29) is 18.9 Å². The molecule has 0 radical (unpaired) electrons. The van der Waals surface area contributed by atoms with Gasteiger partial charge in [0.2, 0.25) is 11.8 Å². The van der Waals surface area contributed by atoms with E-state index in [1.54, 1.807) is 47.6 Å². The van der Waals surface area contributed by atoms with Gasteiger partial charge in [0.05, 0.1) is 6.61 Å². The molecule has 4 unspecified atom stereocenters. The van der Waals surface area contributed by atoms with Crippen LogP contribution in [-0.2, 0) is 30.3 Å². The minimum atomic E-state index is -1.24. The smallest absolute Gasteiger partial charge is 0.408 e. The third-order valence-electron chi connectivity index (χ3n) is 7.47. The Morgan fingerprint density at radius 2 is 1.48 bits per heavy atom. The zero-order valence-electron chi connectivity index (χ0n) is 29.1. The van der Waals surface area contributed by atoms with E-state index in [1.807, 2.05) is 70.2 Å². The van der Waals surface area contributed by atoms with E-state index in [4.69, 9.17) is 9.47 Å². The van der Waals surface area contributed by atoms with E-state index in [0.29, 0.717) is 12.0 Å². The first-order valence-electron chi connectivity index (χ1n) is 15.9. The number of carbonyl (C=O) groups is 4. The third kappa shape index (κ3) is 11.8. The van der Waals surface area contributed by atoms with E-state index in [1.165, 1.54) is 4.90 Å². The number of aryl methyl sites for hydroxylation is 2. The summed E-state index contributed by atoms with van der Waals surface area (Å²) in [4.78, 5) is 56.3. The number of nitrogens with zero attached hydrogens (tertiary/aromatic N) is 1. The number of amides is 3. The normalized spacial score (nSPS) is 14.3. The van der Waals surface area contributed by atoms with Crippen LogP contribution in [0.4, 0.5) is 4.79 Å². The fourth-order valence-corrected chi connectivity index (χ4v) is 4.84. The van der Waals surface area contributed by atoms with Crippen molar-refractivity contribution in [3.63, 3.8) is 0 Å². The minimum Gasteiger partial charge on any atom is -0.458 e. The summed E-state index contributed by atoms with van der Waals surface area (Å²) in [6.07, 6.45) is -0.0717. The van der Waals surface area contributed by atoms with Gasteiger partial charge in [-0.25, -0.2) is 9.59 Å². The molecule has 2 aromatic rings. The molecule has 0 aromatic heterocycles. The topological polar surface area (TPSA) is 134 Å². The first-order valence-corrected chi connectivity index (χ1v) is 15.9. The summed E-state index contributed by atoms with van der Waals surface area (Å²) in [6, 6.07) is 11.3. The second kappa shape index (κ2) is 16.6. The molecule has 3 N–H and O–H groups in total. The number of aliphatic hydroxyl groups excluding tert-OH is 1. The van der Waals surface area contributed by atoms with Crippen molar-refractivity contribution in [2.24, 2.45) is 5.92 Å². The summed E-state index contributed by atoms with van der Waals surface area (Å²) < 4.78 is 11.1. The van der Waals surface area contributed by atoms with E-state index >= 15 is 0 Å². The summed E-state index contributed by atoms with van der Waals surface area (Å²) in [5.74, 6) is -2.15. The number of hydrogen-bond donors (Lipinski definition) is 3. The molecule has 254 valence electrons. The number of aliphatic hydroxyl groups is 1. The fraction of sp³-hybridized carbons (Fsp3) is 0.556. The summed E-state index contributed by atoms with van der Waals surface area (Å²) in [5, 5.41) is 15.7. The van der Waals surface area contributed by atoms with E-state index in [9.17, 15) is 24.3 Å². The van der Waals surface area contributed by atoms with Gasteiger partial charge in [-0.3, -0.25) is 9.59 Å². The van der Waals surface area contributed by atoms with Crippen LogP contribution in [0.5, 0.6) is 0 Å². The highest BCUT2D eigenvalue weighted by molar-refractivity contribution is 5.94. The van der Waals surface area contributed by atoms with Gasteiger partial charge in [-0.2, -0.15) is 0 Å². The molecule has 0 aliphatic rings. The molecule has 10 heteroatoms. The van der Waals surface area contributed by atoms with Crippen LogP contribution in [0.3, 0.4) is 0 Å². The van der Waals surface area contributed by atoms with Crippen molar-refractivity contribution < 1.29 is 33.8 Å². The highest BCUT2D eigenvalue weighted by atomic mass is 16.6. The van der Waals surface area contributed by atoms with Gasteiger partial charge in [-0.15, -0.1) is 0 Å². The molecule has 3 amide bonds. The van der Waals surface area contributed by atoms with Crippen molar-refractivity contribution in [1.82, 2.24) is 15.5 Å². The lowest BCUT2D eigenvalue weighted by atomic mass is 9.94. The number of hydrogen-bond acceptors (Lipinski definition) is 7. The zero-order valence-corrected chi connectivity index (χ0v) is 29.1. The van der Waals surface area contributed by atoms with Gasteiger partial charge in [0.25, 0.3) is 0 Å². The summed E-state index contributed by atoms with van der Waals surface area (Å²) >= 11 is 0. The molecule has 0 fully saturated rings. The van der Waals surface area contributed by atoms with Crippen LogP contribution in [0, 0.1) is 19.8 Å². The zero-order chi connectivity index (χ0) is 34.8. The Labute approximate surface area is 274 Å². The molecule has 2 rings (SSSR count). The molecule has 0 saturated heterocycles. The molecule has 4 atom stereocenters. The molecule has 0 aliphatic carbocycles. The van der Waals surface area contributed by atoms with Crippen LogP contribution in [0.15, 0.2) is 48.5 Å². The van der Waals surface area contributed by atoms with Crippen molar-refractivity contribution >= 4 is 23.9 Å². The average molecular weight is 640 g/mol. The Bertz CT molecular complexity index is 1330. The molecule has 2 aromatic carbocycles. The summed E-state index contributed by atoms with van der Waals surface area (Å²) in [5.41, 5.74) is 1.58. The number of esters is 1. The monoisotopic (exact) mass is 639 g/mol. The van der Waals surface area contributed by atoms with Crippen molar-refractivity contribution in [2.45, 2.75) is 111 Å². The van der Waals surface area contributed by atoms with Crippen LogP contribution >= 0.6 is 0 Å². The Kier molecular flexibility index (Phi) is 13.8. The SMILES string of the molecule is CCC(C)C(NC(=O)OC(C)(C)C)C(=O)N(CCO)C(C(=O)NC(Cc1ccccc1)C(=O)OC(C)(C)C)c1ccc(C)c(C)c1. The fourth-order valence-electron chi connectivity index (χ4n) is 4.84. The lowest BCUT2D eigenvalue weighted by Crippen LogP contribution is -2.57. The highest BCUT2D eigenvalue weighted by Crippen LogP contribution is 2.27. The molecule has 0 saturated carbocycles. The van der Waals surface area contributed by atoms with Crippen molar-refractivity contribution in [1.29, 1.82) is 0 Å². The molecular formula is C36H53N3O7. The predicted octanol–water partition coefficient (Wildman–Crippen LogP) is 5.17. The Balaban J connectivity index is 2.63. The maximum atomic E-state index is 14.4. The summed E-state index contributed by atoms with van der Waals surface area (Å²) in [7, 11) is 0. The summed E-state index contributed by atoms with van der Waals surface area (Å²) in [6.45, 7) is 17.3. The molecule has 10 nitrogen and oxygen atoms in total. The number of benzene rings is 2. The molecule has 46 heavy (non-hydrogen) atoms. The maximum absolute atomic E-state index is 14.4. The number of alkyl carbamates (subject to hydrolysis) is 1. The molecule has 0 bridgehead atoms. The van der Waals surface area contributed by atoms with Gasteiger partial charge in [0.15, 0.2) is 0 Å². The molecule has 0 heterocycles. The van der Waals surface area contributed by atoms with E-state index < -0.39 is 59.8 Å². The highest BCUT2D eigenvalue weighted by Gasteiger charge is 2.39. The largest absolute Gasteiger partial charge is 0.458 e. The standard InChI is InChI=1S/C36H53N3O7/c1-11-23(2)29(38-34(44)46-36(8,9)10)32(42)39(19-20-40)30(27-18-17-24(3)25(4)21-27)31(41)37-28(33(43)45-35(5,6)7)22-26-15-13-12-14-16-26/h12-18,21,23,28-30,40H,11,19-20,22H2,1-10H3,(H,37,41)(H,38,44). The van der Waals surface area contributed by atoms with Crippen LogP contribution in [0.2, 0.25) is 0 Å². The Hall–Kier alpha value is -3.92. The van der Waals surface area contributed by atoms with Crippen molar-refractivity contribution in [3.8, 4) is 0 Å². The second-order valence-electron chi connectivity index (χ2n) is 13.8. The van der Waals surface area contributed by atoms with E-state index in [2.05, 4.69) is 10.6 Å². The number of nitrogens with one attached hydrogen (secondary N) is 2. The van der Waals surface area contributed by atoms with Crippen LogP contribution in [0.25, 0.3) is 0 Å². The van der Waals surface area contributed by atoms with Gasteiger partial charge in [-0.1, -0.05) is 68.8 Å². The maximum Gasteiger partial charge on any atom is 0.408 e. The van der Waals surface area contributed by atoms with Crippen molar-refractivity contribution in [2.75, 3.05) is 13.2 Å². The molecule has 0 spiro atoms. The van der Waals surface area contributed by atoms with Crippen LogP contribution < -0.4 is 10.6 Å². The third-order valence-corrected chi connectivity index (χ3v) is 7.47. The lowest BCUT2D eigenvalue weighted by Gasteiger charge is -2.36. The second-order valence-corrected chi connectivity index (χ2v) is 13.8. The number of ether oxygens (including phenoxy) is 2. The first kappa shape index (κ1) is 38.3. The van der Waals surface area contributed by atoms with E-state index in [0.717, 1.165) is 16.7 Å². The van der Waals surface area contributed by atoms with Crippen molar-refractivity contribution in [3.05, 3.63) is 70.8 Å². The number of rotatable bonds is 13. The van der Waals surface area contributed by atoms with Gasteiger partial charge >= 0.3 is 12.1 Å². The number of carbonyl (C=O) groups excluding carboxylic acids is 4. The molecule has 0 aliphatic heterocycles. The average Bonchev–Trinajstić information content (AvgIpc) is 2.95. The van der Waals surface area contributed by atoms with Gasteiger partial charge in [0, 0.05) is 13.0 Å². The lowest BCUT2D eigenvalue weighted by molar-refractivity contribution is -0.159. The van der Waals surface area contributed by atoms with Gasteiger partial charge in [0.1, 0.15) is 29.3 Å². The Morgan fingerprint density at radius 3 is 2.00 bits per heavy atom. The quantitative estimate of drug-likeness (QED) is 0.257. The Morgan fingerprint density at radius 1 is 0.870 bits per heavy atom. The van der Waals surface area contributed by atoms with Crippen LogP contribution in [-0.4, -0.2) is 70.3 Å². The van der Waals surface area contributed by atoms with Crippen LogP contribution in [0.1, 0.15) is 90.1 Å². The first-order chi connectivity index (χ1) is 21.4. The minimum absolute atomic E-state index is 0.158. The molecular weight excluding hydrogens is 586 g/mol. The predicted molar refractivity (Wildman–Crippen MR) is 178 cm³/mol.